The summed E-state index contributed by atoms with van der Waals surface area (Å²) in [5.41, 5.74) is 39.6. The van der Waals surface area contributed by atoms with Crippen LogP contribution < -0.4 is 31.7 Å². The van der Waals surface area contributed by atoms with Gasteiger partial charge in [0.15, 0.2) is 0 Å². The van der Waals surface area contributed by atoms with E-state index in [4.69, 9.17) is 4.42 Å². The minimum absolute atomic E-state index is 0.176. The van der Waals surface area contributed by atoms with Crippen molar-refractivity contribution in [2.75, 3.05) is 9.80 Å². The molecule has 4 aliphatic rings. The molecule has 5 nitrogen and oxygen atoms in total. The second-order valence-corrected chi connectivity index (χ2v) is 44.5. The van der Waals surface area contributed by atoms with Gasteiger partial charge in [0.25, 0.3) is 0 Å². The minimum Gasteiger partial charge on any atom is -0.455 e. The molecule has 0 bridgehead atoms. The topological polar surface area (TPSA) is 29.5 Å². The molecule has 0 amide bonds. The highest BCUT2D eigenvalue weighted by molar-refractivity contribution is 6.92. The van der Waals surface area contributed by atoms with Gasteiger partial charge in [-0.2, -0.15) is 0 Å². The lowest BCUT2D eigenvalue weighted by Crippen LogP contribution is -2.56. The molecule has 29 rings (SSSR count). The molecule has 0 N–H and O–H groups in total. The van der Waals surface area contributed by atoms with E-state index in [9.17, 15) is 0 Å². The fourth-order valence-corrected chi connectivity index (χ4v) is 25.6. The molecule has 0 saturated carbocycles. The van der Waals surface area contributed by atoms with Gasteiger partial charge >= 0.3 is 13.7 Å². The Bertz CT molecular complexity index is 9790. The van der Waals surface area contributed by atoms with Gasteiger partial charge in [-0.3, -0.25) is 0 Å². The Labute approximate surface area is 821 Å². The number of anilines is 6. The second kappa shape index (κ2) is 29.2. The highest BCUT2D eigenvalue weighted by Crippen LogP contribution is 2.58. The number of para-hydroxylation sites is 2. The predicted octanol–water partition coefficient (Wildman–Crippen LogP) is 34.2. The third kappa shape index (κ3) is 11.7. The van der Waals surface area contributed by atoms with Gasteiger partial charge in [-0.1, -0.05) is 380 Å². The van der Waals surface area contributed by atoms with Crippen molar-refractivity contribution in [3.63, 3.8) is 0 Å². The fraction of sp³-hybridized carbons (Fsp3) is 0.119. The maximum Gasteiger partial charge on any atom is 0.333 e. The molecule has 3 aromatic heterocycles. The summed E-state index contributed by atoms with van der Waals surface area (Å²) in [5, 5.41) is 24.2. The van der Waals surface area contributed by atoms with Gasteiger partial charge in [0, 0.05) is 105 Å². The second-order valence-electron chi connectivity index (χ2n) is 44.5. The first-order valence-corrected chi connectivity index (χ1v) is 50.2. The lowest BCUT2D eigenvalue weighted by Gasteiger charge is -2.42. The van der Waals surface area contributed by atoms with Crippen LogP contribution >= 0.6 is 0 Å². The monoisotopic (exact) mass is 1800 g/mol. The van der Waals surface area contributed by atoms with Crippen molar-refractivity contribution in [2.45, 2.75) is 105 Å². The van der Waals surface area contributed by atoms with Crippen molar-refractivity contribution >= 4 is 211 Å². The van der Waals surface area contributed by atoms with Crippen molar-refractivity contribution in [1.82, 2.24) is 8.96 Å². The standard InChI is InChI=1S/C134H100B2N4O/c1-131(2,3)86-66-87(132(4,5)6)69-90(68-86)137-113-75-105-103(73-109(113)135-126-115(137)64-85-47-27-28-48-92(85)122(126)107-62-83-45-25-29-49-93(83)123-99-53-33-35-55-111(99)139(135)128(107)123)120(79-41-21-15-22-42-79)98-60-58-81(61-101(98)121(105)80-43-23-16-24-44-80)82-57-59-95-106-76-116-127-125(130(106)141-117(95)65-82)108-63-84-46-26-30-50-94(84)124-100-54-34-36-56-112(100)140(129(108)124)136(127)110-72-102-104(74-114(110)138(116)91-70-88(133(7,8)9)67-89(71-91)134(10,11)12)119(78-39-19-14-20-40-78)97-52-32-31-51-96(97)118(102)77-37-17-13-18-38-77/h13-76H,1-12H3. The lowest BCUT2D eigenvalue weighted by molar-refractivity contribution is 0.568. The summed E-state index contributed by atoms with van der Waals surface area (Å²) < 4.78 is 13.6. The van der Waals surface area contributed by atoms with Gasteiger partial charge in [-0.15, -0.1) is 0 Å². The third-order valence-corrected chi connectivity index (χ3v) is 32.2. The average Bonchev–Trinajstić information content (AvgIpc) is 1.60. The fourth-order valence-electron chi connectivity index (χ4n) is 25.6. The summed E-state index contributed by atoms with van der Waals surface area (Å²) in [6, 6.07) is 150. The van der Waals surface area contributed by atoms with E-state index in [1.54, 1.807) is 0 Å². The van der Waals surface area contributed by atoms with E-state index in [1.807, 2.05) is 0 Å². The zero-order valence-corrected chi connectivity index (χ0v) is 81.3. The van der Waals surface area contributed by atoms with E-state index in [1.165, 1.54) is 225 Å². The van der Waals surface area contributed by atoms with Crippen LogP contribution in [0.4, 0.5) is 34.1 Å². The Kier molecular flexibility index (Phi) is 17.0. The Hall–Kier alpha value is -16.2. The number of hydrogen-bond donors (Lipinski definition) is 0. The zero-order valence-electron chi connectivity index (χ0n) is 81.3. The highest BCUT2D eigenvalue weighted by Gasteiger charge is 2.49. The number of fused-ring (bicyclic) bond motifs is 28. The first-order chi connectivity index (χ1) is 68.5. The minimum atomic E-state index is -0.332. The highest BCUT2D eigenvalue weighted by atomic mass is 16.3. The van der Waals surface area contributed by atoms with Crippen LogP contribution in [0.1, 0.15) is 105 Å². The smallest absolute Gasteiger partial charge is 0.333 e. The number of nitrogens with zero attached hydrogens (tertiary/aromatic N) is 4. The van der Waals surface area contributed by atoms with Crippen LogP contribution in [-0.2, 0) is 21.7 Å². The maximum absolute atomic E-state index is 8.12. The normalized spacial score (nSPS) is 13.5. The number of hydrogen-bond acceptors (Lipinski definition) is 3. The Morgan fingerprint density at radius 2 is 0.546 bits per heavy atom. The van der Waals surface area contributed by atoms with Crippen molar-refractivity contribution in [2.24, 2.45) is 0 Å². The van der Waals surface area contributed by atoms with Gasteiger partial charge < -0.3 is 23.2 Å². The molecule has 4 aliphatic heterocycles. The van der Waals surface area contributed by atoms with Gasteiger partial charge in [-0.25, -0.2) is 0 Å². The molecule has 0 saturated heterocycles. The van der Waals surface area contributed by atoms with Crippen LogP contribution in [-0.4, -0.2) is 22.7 Å². The average molecular weight is 1800 g/mol. The molecular formula is C134H100B2N4O. The lowest BCUT2D eigenvalue weighted by atomic mass is 9.44. The number of rotatable bonds is 7. The predicted molar refractivity (Wildman–Crippen MR) is 605 cm³/mol. The summed E-state index contributed by atoms with van der Waals surface area (Å²) in [5.74, 6) is 0. The van der Waals surface area contributed by atoms with Crippen molar-refractivity contribution in [3.8, 4) is 77.9 Å². The molecule has 668 valence electrons. The maximum atomic E-state index is 8.12. The Balaban J connectivity index is 0.718. The van der Waals surface area contributed by atoms with Crippen LogP contribution in [0.25, 0.3) is 219 Å². The summed E-state index contributed by atoms with van der Waals surface area (Å²) in [4.78, 5) is 5.41. The molecule has 0 spiro atoms. The SMILES string of the molecule is CC(C)(C)c1cc(N2c3cc4c(-c5ccccc5)c5cc(-c6ccc7c(c6)oc6c8c9c(cc67)N(c6cc(C(C)(C)C)cc(C(C)(C)C)c6)c6cc7c(-c%10ccccc%10)c%10ccccc%10c(-c%10ccccc%10)c7cc6B9n6c7ccccc7c7c9ccccc9cc-8c76)ccc5c(-c5ccccc5)c4cc3B3c4c2cc2ccccc2c4-c2cc4ccccc4c4c5ccccc5n3c24)cc(C(C)(C)C)c1. The van der Waals surface area contributed by atoms with E-state index in [-0.39, 0.29) is 35.4 Å². The Morgan fingerprint density at radius 1 is 0.220 bits per heavy atom. The summed E-state index contributed by atoms with van der Waals surface area (Å²) in [7, 11) is 0. The van der Waals surface area contributed by atoms with E-state index in [0.29, 0.717) is 0 Å². The van der Waals surface area contributed by atoms with Crippen LogP contribution in [0.2, 0.25) is 0 Å². The number of aromatic nitrogens is 2. The molecule has 22 aromatic carbocycles. The summed E-state index contributed by atoms with van der Waals surface area (Å²) in [6.07, 6.45) is 0. The molecule has 25 aromatic rings. The molecule has 141 heavy (non-hydrogen) atoms. The van der Waals surface area contributed by atoms with Crippen molar-refractivity contribution in [3.05, 3.63) is 411 Å². The molecule has 0 aliphatic carbocycles. The first kappa shape index (κ1) is 81.9. The van der Waals surface area contributed by atoms with Crippen molar-refractivity contribution in [1.29, 1.82) is 0 Å². The molecule has 7 heterocycles. The molecular weight excluding hydrogens is 1700 g/mol. The number of benzene rings is 22. The summed E-state index contributed by atoms with van der Waals surface area (Å²) in [6.45, 7) is 28.0. The van der Waals surface area contributed by atoms with E-state index >= 15 is 0 Å². The van der Waals surface area contributed by atoms with Crippen LogP contribution in [0.3, 0.4) is 0 Å². The van der Waals surface area contributed by atoms with Gasteiger partial charge in [0.2, 0.25) is 0 Å². The summed E-state index contributed by atoms with van der Waals surface area (Å²) >= 11 is 0. The van der Waals surface area contributed by atoms with E-state index in [2.05, 4.69) is 490 Å². The Morgan fingerprint density at radius 3 is 0.986 bits per heavy atom. The third-order valence-electron chi connectivity index (χ3n) is 32.2. The van der Waals surface area contributed by atoms with Crippen LogP contribution in [0, 0.1) is 0 Å². The van der Waals surface area contributed by atoms with E-state index < -0.39 is 0 Å². The van der Waals surface area contributed by atoms with Crippen LogP contribution in [0.5, 0.6) is 0 Å². The largest absolute Gasteiger partial charge is 0.455 e. The van der Waals surface area contributed by atoms with Gasteiger partial charge in [0.1, 0.15) is 11.2 Å². The molecule has 0 atom stereocenters. The van der Waals surface area contributed by atoms with Crippen molar-refractivity contribution < 1.29 is 4.42 Å². The van der Waals surface area contributed by atoms with E-state index in [0.717, 1.165) is 72.5 Å². The van der Waals surface area contributed by atoms with Crippen LogP contribution in [0.15, 0.2) is 393 Å². The first-order valence-electron chi connectivity index (χ1n) is 50.2. The quantitative estimate of drug-likeness (QED) is 0.118. The molecule has 0 fully saturated rings. The van der Waals surface area contributed by atoms with Gasteiger partial charge in [0.05, 0.1) is 0 Å². The zero-order chi connectivity index (χ0) is 94.6. The van der Waals surface area contributed by atoms with Gasteiger partial charge in [-0.05, 0) is 293 Å². The molecule has 0 radical (unpaired) electrons. The molecule has 7 heteroatoms. The number of furan rings is 1. The molecule has 0 unspecified atom stereocenters.